The number of allylic oxidation sites excluding steroid dienone is 1. The quantitative estimate of drug-likeness (QED) is 0.141. The summed E-state index contributed by atoms with van der Waals surface area (Å²) in [6, 6.07) is 12.3. The Morgan fingerprint density at radius 2 is 1.69 bits per heavy atom. The van der Waals surface area contributed by atoms with Crippen LogP contribution in [0.25, 0.3) is 6.08 Å². The molecule has 0 radical (unpaired) electrons. The van der Waals surface area contributed by atoms with Crippen LogP contribution >= 0.6 is 0 Å². The van der Waals surface area contributed by atoms with Gasteiger partial charge in [-0.1, -0.05) is 24.6 Å². The van der Waals surface area contributed by atoms with E-state index in [9.17, 15) is 9.59 Å². The second-order valence-corrected chi connectivity index (χ2v) is 9.15. The second kappa shape index (κ2) is 13.4. The fourth-order valence-electron chi connectivity index (χ4n) is 4.41. The highest BCUT2D eigenvalue weighted by Gasteiger charge is 2.24. The van der Waals surface area contributed by atoms with Crippen LogP contribution in [0, 0.1) is 5.92 Å². The lowest BCUT2D eigenvalue weighted by Crippen LogP contribution is -2.24. The molecular formula is C29H36N2O4. The van der Waals surface area contributed by atoms with Gasteiger partial charge in [0.15, 0.2) is 0 Å². The number of rotatable bonds is 11. The van der Waals surface area contributed by atoms with E-state index in [1.807, 2.05) is 18.2 Å². The summed E-state index contributed by atoms with van der Waals surface area (Å²) < 4.78 is 11.0. The van der Waals surface area contributed by atoms with E-state index in [2.05, 4.69) is 6.58 Å². The highest BCUT2D eigenvalue weighted by Crippen LogP contribution is 2.30. The molecule has 35 heavy (non-hydrogen) atoms. The maximum Gasteiger partial charge on any atom is 0.338 e. The molecule has 0 amide bonds. The zero-order chi connectivity index (χ0) is 25.0. The Kier molecular flexibility index (Phi) is 9.96. The summed E-state index contributed by atoms with van der Waals surface area (Å²) in [5, 5.41) is 0. The zero-order valence-electron chi connectivity index (χ0n) is 20.3. The number of benzene rings is 2. The van der Waals surface area contributed by atoms with Crippen LogP contribution in [0.2, 0.25) is 0 Å². The van der Waals surface area contributed by atoms with Crippen LogP contribution in [0.4, 0.5) is 11.4 Å². The average molecular weight is 477 g/mol. The monoisotopic (exact) mass is 476 g/mol. The third-order valence-electron chi connectivity index (χ3n) is 6.32. The maximum atomic E-state index is 12.5. The van der Waals surface area contributed by atoms with E-state index in [0.717, 1.165) is 49.1 Å². The van der Waals surface area contributed by atoms with E-state index in [4.69, 9.17) is 20.9 Å². The first kappa shape index (κ1) is 26.1. The molecule has 0 aliphatic heterocycles. The number of carbonyl (C=O) groups excluding carboxylic acids is 2. The van der Waals surface area contributed by atoms with Crippen molar-refractivity contribution in [3.63, 3.8) is 0 Å². The minimum Gasteiger partial charge on any atom is -0.462 e. The van der Waals surface area contributed by atoms with Crippen molar-refractivity contribution in [3.8, 4) is 0 Å². The van der Waals surface area contributed by atoms with Crippen LogP contribution in [0.1, 0.15) is 66.4 Å². The number of nitrogens with two attached hydrogens (primary N) is 2. The Balaban J connectivity index is 1.39. The summed E-state index contributed by atoms with van der Waals surface area (Å²) in [5.41, 5.74) is 14.9. The highest BCUT2D eigenvalue weighted by atomic mass is 16.5. The number of carbonyl (C=O) groups is 2. The predicted molar refractivity (Wildman–Crippen MR) is 141 cm³/mol. The number of nitrogen functional groups attached to an aromatic ring is 2. The molecule has 0 aromatic heterocycles. The van der Waals surface area contributed by atoms with E-state index in [1.54, 1.807) is 36.4 Å². The normalized spacial score (nSPS) is 17.7. The molecule has 1 saturated carbocycles. The van der Waals surface area contributed by atoms with Gasteiger partial charge < -0.3 is 20.9 Å². The van der Waals surface area contributed by atoms with E-state index < -0.39 is 5.97 Å². The summed E-state index contributed by atoms with van der Waals surface area (Å²) in [6.07, 6.45) is 13.1. The molecule has 6 nitrogen and oxygen atoms in total. The molecule has 1 aliphatic rings. The van der Waals surface area contributed by atoms with Crippen LogP contribution in [-0.4, -0.2) is 24.6 Å². The molecule has 0 bridgehead atoms. The second-order valence-electron chi connectivity index (χ2n) is 9.15. The molecular weight excluding hydrogens is 440 g/mol. The number of hydrogen-bond donors (Lipinski definition) is 2. The first-order valence-corrected chi connectivity index (χ1v) is 12.3. The topological polar surface area (TPSA) is 105 Å². The smallest absolute Gasteiger partial charge is 0.338 e. The van der Waals surface area contributed by atoms with Gasteiger partial charge in [0.25, 0.3) is 0 Å². The number of unbranched alkanes of at least 4 members (excludes halogenated alkanes) is 1. The first-order chi connectivity index (χ1) is 16.9. The average Bonchev–Trinajstić information content (AvgIpc) is 2.84. The lowest BCUT2D eigenvalue weighted by Gasteiger charge is -2.28. The molecule has 0 unspecified atom stereocenters. The van der Waals surface area contributed by atoms with Crippen molar-refractivity contribution in [3.05, 3.63) is 77.9 Å². The van der Waals surface area contributed by atoms with Crippen LogP contribution in [0.15, 0.2) is 61.2 Å². The Bertz CT molecular complexity index is 1000. The molecule has 2 aromatic rings. The number of hydrogen-bond acceptors (Lipinski definition) is 6. The summed E-state index contributed by atoms with van der Waals surface area (Å²) in [6.45, 7) is 4.01. The van der Waals surface area contributed by atoms with E-state index in [-0.39, 0.29) is 18.7 Å². The van der Waals surface area contributed by atoms with Crippen molar-refractivity contribution in [1.29, 1.82) is 0 Å². The van der Waals surface area contributed by atoms with Gasteiger partial charge in [0, 0.05) is 23.9 Å². The van der Waals surface area contributed by atoms with Gasteiger partial charge in [-0.25, -0.2) is 9.59 Å². The molecule has 3 rings (SSSR count). The first-order valence-electron chi connectivity index (χ1n) is 12.3. The molecule has 1 aliphatic carbocycles. The van der Waals surface area contributed by atoms with Crippen molar-refractivity contribution in [2.45, 2.75) is 57.5 Å². The van der Waals surface area contributed by atoms with Crippen LogP contribution < -0.4 is 11.5 Å². The Morgan fingerprint density at radius 1 is 1.00 bits per heavy atom. The summed E-state index contributed by atoms with van der Waals surface area (Å²) in [4.78, 5) is 24.5. The fourth-order valence-corrected chi connectivity index (χ4v) is 4.41. The SMILES string of the molecule is C=CCCCC1CCC(OC(=O)c2ccc(/C=C/C(=O)OCCc3cc(N)cc(N)c3)cc2)CC1. The van der Waals surface area contributed by atoms with Gasteiger partial charge in [-0.3, -0.25) is 0 Å². The van der Waals surface area contributed by atoms with Gasteiger partial charge in [-0.15, -0.1) is 6.58 Å². The third kappa shape index (κ3) is 8.96. The summed E-state index contributed by atoms with van der Waals surface area (Å²) >= 11 is 0. The minimum atomic E-state index is -0.439. The van der Waals surface area contributed by atoms with Gasteiger partial charge in [-0.05, 0) is 92.0 Å². The van der Waals surface area contributed by atoms with Crippen molar-refractivity contribution in [2.24, 2.45) is 5.92 Å². The third-order valence-corrected chi connectivity index (χ3v) is 6.32. The molecule has 2 aromatic carbocycles. The Morgan fingerprint density at radius 3 is 2.34 bits per heavy atom. The standard InChI is InChI=1S/C29H36N2O4/c1-2-3-4-5-21-8-13-27(14-9-21)35-29(33)24-11-6-22(7-12-24)10-15-28(32)34-17-16-23-18-25(30)20-26(31)19-23/h2,6-7,10-12,15,18-21,27H,1,3-5,8-9,13-14,16-17,30-31H2/b15-10+. The van der Waals surface area contributed by atoms with Gasteiger partial charge in [-0.2, -0.15) is 0 Å². The van der Waals surface area contributed by atoms with Crippen LogP contribution in [0.3, 0.4) is 0 Å². The number of esters is 2. The summed E-state index contributed by atoms with van der Waals surface area (Å²) in [7, 11) is 0. The fraction of sp³-hybridized carbons (Fsp3) is 0.379. The Labute approximate surface area is 208 Å². The number of ether oxygens (including phenoxy) is 2. The zero-order valence-corrected chi connectivity index (χ0v) is 20.3. The van der Waals surface area contributed by atoms with E-state index in [0.29, 0.717) is 23.4 Å². The van der Waals surface area contributed by atoms with Gasteiger partial charge in [0.1, 0.15) is 6.10 Å². The minimum absolute atomic E-state index is 0.00346. The predicted octanol–water partition coefficient (Wildman–Crippen LogP) is 5.72. The molecule has 0 heterocycles. The maximum absolute atomic E-state index is 12.5. The van der Waals surface area contributed by atoms with Gasteiger partial charge >= 0.3 is 11.9 Å². The van der Waals surface area contributed by atoms with Crippen molar-refractivity contribution >= 4 is 29.4 Å². The van der Waals surface area contributed by atoms with Crippen LogP contribution in [-0.2, 0) is 20.7 Å². The van der Waals surface area contributed by atoms with Crippen molar-refractivity contribution in [2.75, 3.05) is 18.1 Å². The Hall–Kier alpha value is -3.54. The molecule has 6 heteroatoms. The molecule has 0 atom stereocenters. The molecule has 4 N–H and O–H groups in total. The van der Waals surface area contributed by atoms with Gasteiger partial charge in [0.2, 0.25) is 0 Å². The lowest BCUT2D eigenvalue weighted by atomic mass is 9.84. The largest absolute Gasteiger partial charge is 0.462 e. The van der Waals surface area contributed by atoms with Crippen LogP contribution in [0.5, 0.6) is 0 Å². The molecule has 0 saturated heterocycles. The molecule has 0 spiro atoms. The van der Waals surface area contributed by atoms with Gasteiger partial charge in [0.05, 0.1) is 12.2 Å². The highest BCUT2D eigenvalue weighted by molar-refractivity contribution is 5.90. The van der Waals surface area contributed by atoms with Crippen molar-refractivity contribution < 1.29 is 19.1 Å². The van der Waals surface area contributed by atoms with E-state index in [1.165, 1.54) is 18.9 Å². The number of anilines is 2. The molecule has 1 fully saturated rings. The molecule has 186 valence electrons. The lowest BCUT2D eigenvalue weighted by molar-refractivity contribution is -0.137. The summed E-state index contributed by atoms with van der Waals surface area (Å²) in [5.74, 6) is 0.00119. The van der Waals surface area contributed by atoms with Crippen molar-refractivity contribution in [1.82, 2.24) is 0 Å². The van der Waals surface area contributed by atoms with E-state index >= 15 is 0 Å².